The van der Waals surface area contributed by atoms with Gasteiger partial charge in [-0.05, 0) is 30.2 Å². The number of nitrogens with one attached hydrogen (secondary N) is 1. The molecule has 2 aliphatic rings. The molecule has 1 N–H and O–H groups in total. The number of benzene rings is 1. The van der Waals surface area contributed by atoms with E-state index in [1.807, 2.05) is 0 Å². The summed E-state index contributed by atoms with van der Waals surface area (Å²) in [7, 11) is 0. The summed E-state index contributed by atoms with van der Waals surface area (Å²) in [5.41, 5.74) is 1.09. The molecule has 1 aromatic carbocycles. The van der Waals surface area contributed by atoms with Crippen molar-refractivity contribution in [3.63, 3.8) is 0 Å². The Bertz CT molecular complexity index is 665. The second kappa shape index (κ2) is 5.68. The topological polar surface area (TPSA) is 58.6 Å². The van der Waals surface area contributed by atoms with Crippen LogP contribution in [0.25, 0.3) is 0 Å². The highest BCUT2D eigenvalue weighted by molar-refractivity contribution is 6.30. The molecule has 1 fully saturated rings. The van der Waals surface area contributed by atoms with Crippen molar-refractivity contribution in [2.24, 2.45) is 0 Å². The largest absolute Gasteiger partial charge is 0.490 e. The van der Waals surface area contributed by atoms with E-state index in [1.165, 1.54) is 4.90 Å². The third-order valence-corrected chi connectivity index (χ3v) is 4.14. The average Bonchev–Trinajstić information content (AvgIpc) is 2.47. The van der Waals surface area contributed by atoms with Crippen molar-refractivity contribution in [3.05, 3.63) is 34.3 Å². The van der Waals surface area contributed by atoms with Gasteiger partial charge in [0.05, 0.1) is 6.04 Å². The molecular weight excluding hydrogens is 337 g/mol. The fourth-order valence-electron chi connectivity index (χ4n) is 2.88. The van der Waals surface area contributed by atoms with Crippen LogP contribution in [-0.2, 0) is 16.0 Å². The number of fused-ring (bicyclic) bond motifs is 2. The molecule has 1 saturated heterocycles. The van der Waals surface area contributed by atoms with Gasteiger partial charge in [-0.3, -0.25) is 10.1 Å². The van der Waals surface area contributed by atoms with Crippen LogP contribution in [0, 0.1) is 0 Å². The summed E-state index contributed by atoms with van der Waals surface area (Å²) >= 11 is 5.91. The highest BCUT2D eigenvalue weighted by atomic mass is 35.5. The van der Waals surface area contributed by atoms with Gasteiger partial charge in [0.15, 0.2) is 6.23 Å². The Kier molecular flexibility index (Phi) is 3.97. The molecule has 0 radical (unpaired) electrons. The fourth-order valence-corrected chi connectivity index (χ4v) is 3.08. The summed E-state index contributed by atoms with van der Waals surface area (Å²) in [4.78, 5) is 25.0. The van der Waals surface area contributed by atoms with E-state index in [0.717, 1.165) is 0 Å². The van der Waals surface area contributed by atoms with E-state index in [2.05, 4.69) is 10.1 Å². The third-order valence-electron chi connectivity index (χ3n) is 3.90. The van der Waals surface area contributed by atoms with Crippen molar-refractivity contribution in [1.82, 2.24) is 10.2 Å². The quantitative estimate of drug-likeness (QED) is 0.785. The number of nitrogens with zero attached hydrogens (tertiary/aromatic N) is 1. The summed E-state index contributed by atoms with van der Waals surface area (Å²) < 4.78 is 41.7. The van der Waals surface area contributed by atoms with Crippen LogP contribution in [0.2, 0.25) is 5.02 Å². The predicted octanol–water partition coefficient (Wildman–Crippen LogP) is 1.74. The van der Waals surface area contributed by atoms with Gasteiger partial charge in [0.1, 0.15) is 0 Å². The van der Waals surface area contributed by atoms with Crippen molar-refractivity contribution in [2.45, 2.75) is 24.9 Å². The summed E-state index contributed by atoms with van der Waals surface area (Å²) in [6.45, 7) is 0.562. The van der Waals surface area contributed by atoms with E-state index in [-0.39, 0.29) is 18.9 Å². The summed E-state index contributed by atoms with van der Waals surface area (Å²) in [5.74, 6) is -2.58. The van der Waals surface area contributed by atoms with Crippen LogP contribution in [0.5, 0.6) is 0 Å². The first-order valence-electron chi connectivity index (χ1n) is 6.88. The molecule has 9 heteroatoms. The summed E-state index contributed by atoms with van der Waals surface area (Å²) in [5, 5.41) is 3.15. The van der Waals surface area contributed by atoms with Gasteiger partial charge in [-0.2, -0.15) is 13.2 Å². The zero-order valence-electron chi connectivity index (χ0n) is 11.7. The number of hydrogen-bond donors (Lipinski definition) is 1. The normalized spacial score (nSPS) is 24.0. The first-order valence-corrected chi connectivity index (χ1v) is 7.26. The molecule has 3 rings (SSSR count). The highest BCUT2D eigenvalue weighted by Crippen LogP contribution is 2.30. The molecule has 23 heavy (non-hydrogen) atoms. The number of carbonyl (C=O) groups is 2. The van der Waals surface area contributed by atoms with E-state index in [0.29, 0.717) is 22.7 Å². The molecule has 1 aromatic rings. The van der Waals surface area contributed by atoms with Crippen molar-refractivity contribution < 1.29 is 27.5 Å². The molecule has 0 spiro atoms. The third kappa shape index (κ3) is 3.00. The van der Waals surface area contributed by atoms with E-state index in [9.17, 15) is 22.8 Å². The lowest BCUT2D eigenvalue weighted by Gasteiger charge is -2.44. The Hall–Kier alpha value is -1.80. The average molecular weight is 349 g/mol. The van der Waals surface area contributed by atoms with Crippen LogP contribution in [-0.4, -0.2) is 48.3 Å². The zero-order valence-corrected chi connectivity index (χ0v) is 12.4. The minimum Gasteiger partial charge on any atom is -0.438 e. The first-order chi connectivity index (χ1) is 10.8. The van der Waals surface area contributed by atoms with E-state index < -0.39 is 24.4 Å². The van der Waals surface area contributed by atoms with Crippen LogP contribution < -0.4 is 5.32 Å². The number of carbonyl (C=O) groups excluding carboxylic acids is 2. The number of esters is 1. The molecule has 1 amide bonds. The summed E-state index contributed by atoms with van der Waals surface area (Å²) in [6.07, 6.45) is -6.04. The lowest BCUT2D eigenvalue weighted by molar-refractivity contribution is -0.210. The molecule has 5 nitrogen and oxygen atoms in total. The van der Waals surface area contributed by atoms with Gasteiger partial charge >= 0.3 is 12.1 Å². The van der Waals surface area contributed by atoms with Gasteiger partial charge in [-0.1, -0.05) is 11.6 Å². The zero-order chi connectivity index (χ0) is 16.8. The number of amides is 1. The number of piperazine rings is 1. The highest BCUT2D eigenvalue weighted by Gasteiger charge is 2.46. The van der Waals surface area contributed by atoms with Crippen LogP contribution in [0.1, 0.15) is 15.9 Å². The molecule has 0 saturated carbocycles. The number of halogens is 4. The van der Waals surface area contributed by atoms with E-state index >= 15 is 0 Å². The second-order valence-electron chi connectivity index (χ2n) is 5.35. The van der Waals surface area contributed by atoms with Gasteiger partial charge in [0.25, 0.3) is 5.91 Å². The van der Waals surface area contributed by atoms with Gasteiger partial charge in [-0.15, -0.1) is 0 Å². The monoisotopic (exact) mass is 348 g/mol. The van der Waals surface area contributed by atoms with Crippen molar-refractivity contribution in [1.29, 1.82) is 0 Å². The van der Waals surface area contributed by atoms with E-state index in [1.54, 1.807) is 18.2 Å². The molecule has 0 bridgehead atoms. The Morgan fingerprint density at radius 1 is 1.39 bits per heavy atom. The Morgan fingerprint density at radius 2 is 2.13 bits per heavy atom. The molecule has 1 unspecified atom stereocenters. The molecule has 2 atom stereocenters. The standard InChI is InChI=1S/C14H12ClF3N2O3/c15-8-1-2-9-7(5-8)6-10-11(23-13(22)14(16,17)18)19-3-4-20(10)12(9)21/h1-2,5,10-11,19H,3-4,6H2/t10-,11?/m1/s1. The Morgan fingerprint density at radius 3 is 2.83 bits per heavy atom. The number of rotatable bonds is 1. The van der Waals surface area contributed by atoms with Gasteiger partial charge in [0, 0.05) is 23.7 Å². The lowest BCUT2D eigenvalue weighted by atomic mass is 9.91. The molecule has 0 aliphatic carbocycles. The van der Waals surface area contributed by atoms with Gasteiger partial charge in [-0.25, -0.2) is 4.79 Å². The Balaban J connectivity index is 1.87. The van der Waals surface area contributed by atoms with Crippen LogP contribution in [0.3, 0.4) is 0 Å². The van der Waals surface area contributed by atoms with Crippen molar-refractivity contribution in [2.75, 3.05) is 13.1 Å². The minimum atomic E-state index is -5.08. The lowest BCUT2D eigenvalue weighted by Crippen LogP contribution is -2.63. The number of ether oxygens (including phenoxy) is 1. The number of hydrogen-bond acceptors (Lipinski definition) is 4. The molecule has 2 heterocycles. The molecule has 124 valence electrons. The van der Waals surface area contributed by atoms with Gasteiger partial charge < -0.3 is 9.64 Å². The SMILES string of the molecule is O=C1c2ccc(Cl)cc2C[C@@H]2C(OC(=O)C(F)(F)F)NCCN12. The van der Waals surface area contributed by atoms with Gasteiger partial charge in [0.2, 0.25) is 0 Å². The molecule has 2 aliphatic heterocycles. The van der Waals surface area contributed by atoms with Crippen molar-refractivity contribution >= 4 is 23.5 Å². The first kappa shape index (κ1) is 16.1. The predicted molar refractivity (Wildman–Crippen MR) is 73.9 cm³/mol. The maximum Gasteiger partial charge on any atom is 0.490 e. The maximum absolute atomic E-state index is 12.5. The van der Waals surface area contributed by atoms with Crippen LogP contribution in [0.4, 0.5) is 13.2 Å². The molecular formula is C14H12ClF3N2O3. The minimum absolute atomic E-state index is 0.237. The maximum atomic E-state index is 12.5. The van der Waals surface area contributed by atoms with Crippen LogP contribution >= 0.6 is 11.6 Å². The number of alkyl halides is 3. The molecule has 0 aromatic heterocycles. The second-order valence-corrected chi connectivity index (χ2v) is 5.79. The summed E-state index contributed by atoms with van der Waals surface area (Å²) in [6, 6.07) is 4.08. The smallest absolute Gasteiger partial charge is 0.438 e. The fraction of sp³-hybridized carbons (Fsp3) is 0.429. The van der Waals surface area contributed by atoms with Crippen molar-refractivity contribution in [3.8, 4) is 0 Å². The van der Waals surface area contributed by atoms with Crippen LogP contribution in [0.15, 0.2) is 18.2 Å². The Labute approximate surface area is 134 Å². The van der Waals surface area contributed by atoms with E-state index in [4.69, 9.17) is 11.6 Å².